The third-order valence-electron chi connectivity index (χ3n) is 12.0. The van der Waals surface area contributed by atoms with E-state index in [1.165, 1.54) is 52.8 Å². The SMILES string of the molecule is c1ccc(-c2nc(-c3cccc(-n4c5ccccc5c5cccc(-c6ccc7sc8ccc9ccccc9c8c7c6)c54)c3)nc(-c3ccc4c(c3)oc3ccccc34)n2)cc1. The topological polar surface area (TPSA) is 56.7 Å². The molecule has 0 aliphatic carbocycles. The first-order chi connectivity index (χ1) is 30.2. The molecule has 61 heavy (non-hydrogen) atoms. The van der Waals surface area contributed by atoms with Crippen LogP contribution in [0.4, 0.5) is 0 Å². The largest absolute Gasteiger partial charge is 0.456 e. The van der Waals surface area contributed by atoms with E-state index in [9.17, 15) is 0 Å². The van der Waals surface area contributed by atoms with Gasteiger partial charge in [-0.15, -0.1) is 11.3 Å². The Balaban J connectivity index is 1.00. The molecule has 13 rings (SSSR count). The van der Waals surface area contributed by atoms with Crippen molar-refractivity contribution in [1.82, 2.24) is 19.5 Å². The quantitative estimate of drug-likeness (QED) is 0.174. The highest BCUT2D eigenvalue weighted by Crippen LogP contribution is 2.43. The van der Waals surface area contributed by atoms with Crippen LogP contribution in [0.25, 0.3) is 126 Å². The Hall–Kier alpha value is -7.93. The van der Waals surface area contributed by atoms with Crippen LogP contribution in [0.1, 0.15) is 0 Å². The highest BCUT2D eigenvalue weighted by Gasteiger charge is 2.20. The van der Waals surface area contributed by atoms with Crippen molar-refractivity contribution in [1.29, 1.82) is 0 Å². The third-order valence-corrected chi connectivity index (χ3v) is 13.2. The van der Waals surface area contributed by atoms with Gasteiger partial charge in [-0.25, -0.2) is 15.0 Å². The summed E-state index contributed by atoms with van der Waals surface area (Å²) in [6.07, 6.45) is 0. The normalized spacial score (nSPS) is 11.9. The summed E-state index contributed by atoms with van der Waals surface area (Å²) in [6.45, 7) is 0. The Morgan fingerprint density at radius 2 is 1.05 bits per heavy atom. The van der Waals surface area contributed by atoms with Gasteiger partial charge in [0.15, 0.2) is 17.5 Å². The minimum Gasteiger partial charge on any atom is -0.456 e. The van der Waals surface area contributed by atoms with Crippen LogP contribution in [0.3, 0.4) is 0 Å². The van der Waals surface area contributed by atoms with Crippen LogP contribution in [0.15, 0.2) is 199 Å². The summed E-state index contributed by atoms with van der Waals surface area (Å²) in [5, 5.41) is 9.72. The van der Waals surface area contributed by atoms with Gasteiger partial charge in [0.25, 0.3) is 0 Å². The summed E-state index contributed by atoms with van der Waals surface area (Å²) in [5.41, 5.74) is 10.0. The van der Waals surface area contributed by atoms with Crippen molar-refractivity contribution in [3.8, 4) is 51.0 Å². The number of benzene rings is 9. The van der Waals surface area contributed by atoms with E-state index in [-0.39, 0.29) is 0 Å². The fraction of sp³-hybridized carbons (Fsp3) is 0. The molecule has 0 saturated heterocycles. The van der Waals surface area contributed by atoms with Crippen molar-refractivity contribution in [3.63, 3.8) is 0 Å². The zero-order valence-electron chi connectivity index (χ0n) is 32.6. The molecule has 0 fully saturated rings. The first kappa shape index (κ1) is 34.0. The van der Waals surface area contributed by atoms with Crippen molar-refractivity contribution in [2.75, 3.05) is 0 Å². The lowest BCUT2D eigenvalue weighted by Gasteiger charge is -2.14. The maximum Gasteiger partial charge on any atom is 0.164 e. The second-order valence-electron chi connectivity index (χ2n) is 15.6. The molecule has 4 aromatic heterocycles. The molecule has 0 bridgehead atoms. The summed E-state index contributed by atoms with van der Waals surface area (Å²) < 4.78 is 11.3. The number of fused-ring (bicyclic) bond motifs is 11. The number of hydrogen-bond donors (Lipinski definition) is 0. The third kappa shape index (κ3) is 5.36. The number of nitrogens with zero attached hydrogens (tertiary/aromatic N) is 4. The van der Waals surface area contributed by atoms with Crippen molar-refractivity contribution >= 4 is 86.0 Å². The summed E-state index contributed by atoms with van der Waals surface area (Å²) >= 11 is 1.86. The van der Waals surface area contributed by atoms with E-state index in [0.29, 0.717) is 17.5 Å². The van der Waals surface area contributed by atoms with E-state index in [2.05, 4.69) is 144 Å². The van der Waals surface area contributed by atoms with Gasteiger partial charge >= 0.3 is 0 Å². The smallest absolute Gasteiger partial charge is 0.164 e. The number of thiophene rings is 1. The number of rotatable bonds is 5. The molecule has 4 heterocycles. The lowest BCUT2D eigenvalue weighted by molar-refractivity contribution is 0.669. The second-order valence-corrected chi connectivity index (χ2v) is 16.6. The Labute approximate surface area is 353 Å². The monoisotopic (exact) mass is 796 g/mol. The van der Waals surface area contributed by atoms with E-state index in [4.69, 9.17) is 19.4 Å². The van der Waals surface area contributed by atoms with E-state index < -0.39 is 0 Å². The van der Waals surface area contributed by atoms with Gasteiger partial charge in [-0.2, -0.15) is 0 Å². The molecule has 0 saturated carbocycles. The van der Waals surface area contributed by atoms with Crippen LogP contribution in [0, 0.1) is 0 Å². The molecular formula is C55H32N4OS. The van der Waals surface area contributed by atoms with E-state index in [0.717, 1.165) is 55.3 Å². The molecule has 0 aliphatic rings. The van der Waals surface area contributed by atoms with Gasteiger partial charge < -0.3 is 8.98 Å². The molecule has 6 heteroatoms. The molecular weight excluding hydrogens is 765 g/mol. The standard InChI is InChI=1S/C55H32N4OS/c1-2-13-34(14-3-1)53-56-54(58-55(57-53)37-24-27-43-42-19-7-9-23-47(42)60-48(43)32-37)36-15-10-16-38(30-36)59-46-22-8-6-18-41(46)44-21-11-20-40(52(44)59)35-26-28-49-45(31-35)51-39-17-5-4-12-33(39)25-29-50(51)61-49/h1-32H. The van der Waals surface area contributed by atoms with Crippen LogP contribution in [-0.2, 0) is 0 Å². The first-order valence-electron chi connectivity index (χ1n) is 20.4. The van der Waals surface area contributed by atoms with E-state index in [1.807, 2.05) is 65.9 Å². The van der Waals surface area contributed by atoms with Gasteiger partial charge in [0.2, 0.25) is 0 Å². The van der Waals surface area contributed by atoms with Gasteiger partial charge in [0.05, 0.1) is 11.0 Å². The molecule has 0 radical (unpaired) electrons. The first-order valence-corrected chi connectivity index (χ1v) is 21.2. The van der Waals surface area contributed by atoms with Crippen LogP contribution in [0.2, 0.25) is 0 Å². The van der Waals surface area contributed by atoms with Crippen molar-refractivity contribution in [2.24, 2.45) is 0 Å². The fourth-order valence-electron chi connectivity index (χ4n) is 9.23. The average Bonchev–Trinajstić information content (AvgIpc) is 4.01. The summed E-state index contributed by atoms with van der Waals surface area (Å²) in [4.78, 5) is 15.3. The van der Waals surface area contributed by atoms with Crippen LogP contribution < -0.4 is 0 Å². The molecule has 9 aromatic carbocycles. The van der Waals surface area contributed by atoms with Gasteiger partial charge in [-0.1, -0.05) is 140 Å². The van der Waals surface area contributed by atoms with Crippen molar-refractivity contribution in [3.05, 3.63) is 194 Å². The van der Waals surface area contributed by atoms with Crippen LogP contribution in [0.5, 0.6) is 0 Å². The number of para-hydroxylation sites is 3. The number of hydrogen-bond acceptors (Lipinski definition) is 5. The highest BCUT2D eigenvalue weighted by molar-refractivity contribution is 7.26. The fourth-order valence-corrected chi connectivity index (χ4v) is 10.3. The molecule has 0 amide bonds. The van der Waals surface area contributed by atoms with Gasteiger partial charge in [-0.3, -0.25) is 0 Å². The predicted octanol–water partition coefficient (Wildman–Crippen LogP) is 15.1. The molecule has 13 aromatic rings. The summed E-state index contributed by atoms with van der Waals surface area (Å²) in [7, 11) is 0. The van der Waals surface area contributed by atoms with Crippen LogP contribution in [-0.4, -0.2) is 19.5 Å². The van der Waals surface area contributed by atoms with Gasteiger partial charge in [0, 0.05) is 69.7 Å². The van der Waals surface area contributed by atoms with E-state index in [1.54, 1.807) is 0 Å². The molecule has 284 valence electrons. The maximum absolute atomic E-state index is 6.29. The zero-order valence-corrected chi connectivity index (χ0v) is 33.4. The predicted molar refractivity (Wildman–Crippen MR) is 254 cm³/mol. The Morgan fingerprint density at radius 3 is 1.93 bits per heavy atom. The van der Waals surface area contributed by atoms with E-state index >= 15 is 0 Å². The Kier molecular flexibility index (Phi) is 7.41. The lowest BCUT2D eigenvalue weighted by Crippen LogP contribution is -2.01. The molecule has 0 atom stereocenters. The Morgan fingerprint density at radius 1 is 0.393 bits per heavy atom. The zero-order chi connectivity index (χ0) is 40.0. The maximum atomic E-state index is 6.29. The minimum absolute atomic E-state index is 0.583. The summed E-state index contributed by atoms with van der Waals surface area (Å²) in [6, 6.07) is 68.7. The Bertz CT molecular complexity index is 3900. The lowest BCUT2D eigenvalue weighted by atomic mass is 9.98. The molecule has 0 aliphatic heterocycles. The van der Waals surface area contributed by atoms with Crippen molar-refractivity contribution in [2.45, 2.75) is 0 Å². The average molecular weight is 797 g/mol. The van der Waals surface area contributed by atoms with Gasteiger partial charge in [0.1, 0.15) is 11.2 Å². The molecule has 0 unspecified atom stereocenters. The molecule has 5 nitrogen and oxygen atoms in total. The van der Waals surface area contributed by atoms with Crippen molar-refractivity contribution < 1.29 is 4.42 Å². The summed E-state index contributed by atoms with van der Waals surface area (Å²) in [5.74, 6) is 1.79. The number of furan rings is 1. The second kappa shape index (κ2) is 13.3. The van der Waals surface area contributed by atoms with Gasteiger partial charge in [-0.05, 0) is 70.9 Å². The molecule has 0 N–H and O–H groups in total. The minimum atomic E-state index is 0.583. The highest BCUT2D eigenvalue weighted by atomic mass is 32.1. The molecule has 0 spiro atoms. The number of aromatic nitrogens is 4. The van der Waals surface area contributed by atoms with Crippen LogP contribution >= 0.6 is 11.3 Å².